The van der Waals surface area contributed by atoms with Gasteiger partial charge in [0.15, 0.2) is 0 Å². The quantitative estimate of drug-likeness (QED) is 0.477. The first kappa shape index (κ1) is 21.1. The molecule has 0 aromatic heterocycles. The lowest BCUT2D eigenvalue weighted by Gasteiger charge is -2.31. The van der Waals surface area contributed by atoms with Crippen molar-refractivity contribution in [2.75, 3.05) is 0 Å². The maximum Gasteiger partial charge on any atom is 0.335 e. The number of carbonyl (C=O) groups excluding carboxylic acids is 1. The molecule has 2 rings (SSSR count). The van der Waals surface area contributed by atoms with E-state index >= 15 is 0 Å². The van der Waals surface area contributed by atoms with Gasteiger partial charge in [0.1, 0.15) is 0 Å². The molecule has 0 unspecified atom stereocenters. The monoisotopic (exact) mass is 577 g/mol. The summed E-state index contributed by atoms with van der Waals surface area (Å²) in [5, 5.41) is 9.05. The molecule has 138 valence electrons. The molecule has 0 spiro atoms. The molecule has 0 aliphatic carbocycles. The van der Waals surface area contributed by atoms with Crippen LogP contribution < -0.4 is 0 Å². The highest BCUT2D eigenvalue weighted by molar-refractivity contribution is 14.1. The van der Waals surface area contributed by atoms with Crippen LogP contribution in [0.3, 0.4) is 0 Å². The predicted molar refractivity (Wildman–Crippen MR) is 121 cm³/mol. The van der Waals surface area contributed by atoms with Crippen molar-refractivity contribution in [3.8, 4) is 11.1 Å². The summed E-state index contributed by atoms with van der Waals surface area (Å²) in [6, 6.07) is 10.9. The highest BCUT2D eigenvalue weighted by Gasteiger charge is 2.23. The van der Waals surface area contributed by atoms with Crippen LogP contribution in [0.25, 0.3) is 11.1 Å². The molecule has 0 aliphatic rings. The third-order valence-corrected chi connectivity index (χ3v) is 5.76. The van der Waals surface area contributed by atoms with Gasteiger partial charge in [0, 0.05) is 30.4 Å². The molecule has 1 amide bonds. The van der Waals surface area contributed by atoms with E-state index in [-0.39, 0.29) is 23.6 Å². The minimum atomic E-state index is -0.940. The van der Waals surface area contributed by atoms with Crippen molar-refractivity contribution < 1.29 is 14.7 Å². The summed E-state index contributed by atoms with van der Waals surface area (Å²) in [5.41, 5.74) is 2.88. The number of carboxylic acids is 1. The number of hydrogen-bond donors (Lipinski definition) is 1. The summed E-state index contributed by atoms with van der Waals surface area (Å²) in [6.07, 6.45) is 0. The van der Waals surface area contributed by atoms with Crippen LogP contribution in [0, 0.1) is 7.14 Å². The Hall–Kier alpha value is -1.16. The maximum atomic E-state index is 13.0. The van der Waals surface area contributed by atoms with Crippen LogP contribution in [-0.4, -0.2) is 34.0 Å². The fourth-order valence-electron chi connectivity index (χ4n) is 2.97. The van der Waals surface area contributed by atoms with E-state index in [0.717, 1.165) is 18.3 Å². The Bertz CT molecular complexity index is 798. The van der Waals surface area contributed by atoms with Gasteiger partial charge in [-0.05, 0) is 103 Å². The van der Waals surface area contributed by atoms with Gasteiger partial charge >= 0.3 is 5.97 Å². The summed E-state index contributed by atoms with van der Waals surface area (Å²) in [7, 11) is 0. The van der Waals surface area contributed by atoms with Crippen molar-refractivity contribution in [3.63, 3.8) is 0 Å². The van der Waals surface area contributed by atoms with Gasteiger partial charge in [0.2, 0.25) is 0 Å². The molecule has 0 saturated heterocycles. The van der Waals surface area contributed by atoms with Gasteiger partial charge in [0.25, 0.3) is 5.91 Å². The fraction of sp³-hybridized carbons (Fsp3) is 0.300. The minimum absolute atomic E-state index is 0.0265. The van der Waals surface area contributed by atoms with Crippen molar-refractivity contribution in [3.05, 3.63) is 54.7 Å². The van der Waals surface area contributed by atoms with Crippen molar-refractivity contribution >= 4 is 57.1 Å². The highest BCUT2D eigenvalue weighted by Crippen LogP contribution is 2.32. The van der Waals surface area contributed by atoms with Crippen LogP contribution in [0.1, 0.15) is 48.4 Å². The smallest absolute Gasteiger partial charge is 0.335 e. The Labute approximate surface area is 181 Å². The van der Waals surface area contributed by atoms with Gasteiger partial charge in [-0.3, -0.25) is 4.79 Å². The first-order valence-corrected chi connectivity index (χ1v) is 10.4. The van der Waals surface area contributed by atoms with E-state index in [9.17, 15) is 9.59 Å². The van der Waals surface area contributed by atoms with Gasteiger partial charge in [-0.25, -0.2) is 4.79 Å². The zero-order valence-corrected chi connectivity index (χ0v) is 19.4. The van der Waals surface area contributed by atoms with E-state index < -0.39 is 5.97 Å². The molecule has 2 aromatic carbocycles. The molecule has 0 bridgehead atoms. The lowest BCUT2D eigenvalue weighted by molar-refractivity contribution is 0.0641. The number of nitrogens with zero attached hydrogens (tertiary/aromatic N) is 1. The van der Waals surface area contributed by atoms with Crippen LogP contribution >= 0.6 is 45.2 Å². The van der Waals surface area contributed by atoms with Gasteiger partial charge < -0.3 is 10.0 Å². The molecule has 1 N–H and O–H groups in total. The summed E-state index contributed by atoms with van der Waals surface area (Å²) < 4.78 is 1.93. The normalized spacial score (nSPS) is 11.1. The molecular weight excluding hydrogens is 556 g/mol. The number of halogens is 2. The highest BCUT2D eigenvalue weighted by atomic mass is 127. The molecule has 0 fully saturated rings. The number of aromatic carboxylic acids is 1. The fourth-order valence-corrected chi connectivity index (χ4v) is 5.36. The Kier molecular flexibility index (Phi) is 7.06. The van der Waals surface area contributed by atoms with Gasteiger partial charge in [-0.15, -0.1) is 0 Å². The lowest BCUT2D eigenvalue weighted by atomic mass is 10.0. The van der Waals surface area contributed by atoms with Crippen molar-refractivity contribution in [2.45, 2.75) is 39.8 Å². The average Bonchev–Trinajstić information content (AvgIpc) is 2.53. The molecule has 6 heteroatoms. The molecule has 26 heavy (non-hydrogen) atoms. The standard InChI is InChI=1S/C20H21I2NO3/c1-11(2)23(12(3)4)19(24)15-9-16(21)18(17(22)10-15)13-5-7-14(8-6-13)20(25)26/h5-12H,1-4H3,(H,25,26). The van der Waals surface area contributed by atoms with Crippen LogP contribution in [0.5, 0.6) is 0 Å². The molecule has 0 saturated carbocycles. The topological polar surface area (TPSA) is 57.6 Å². The van der Waals surface area contributed by atoms with E-state index in [0.29, 0.717) is 5.56 Å². The third-order valence-electron chi connectivity index (χ3n) is 4.06. The molecule has 0 atom stereocenters. The molecule has 0 aliphatic heterocycles. The van der Waals surface area contributed by atoms with Crippen molar-refractivity contribution in [1.82, 2.24) is 4.90 Å². The number of carboxylic acid groups (broad SMARTS) is 1. The predicted octanol–water partition coefficient (Wildman–Crippen LogP) is 5.52. The second-order valence-corrected chi connectivity index (χ2v) is 8.92. The summed E-state index contributed by atoms with van der Waals surface area (Å²) in [4.78, 5) is 25.9. The van der Waals surface area contributed by atoms with Crippen LogP contribution in [0.15, 0.2) is 36.4 Å². The van der Waals surface area contributed by atoms with E-state index in [4.69, 9.17) is 5.11 Å². The molecule has 2 aromatic rings. The molecule has 0 heterocycles. The summed E-state index contributed by atoms with van der Waals surface area (Å²) >= 11 is 4.47. The first-order valence-electron chi connectivity index (χ1n) is 8.29. The summed E-state index contributed by atoms with van der Waals surface area (Å²) in [6.45, 7) is 8.08. The molecule has 0 radical (unpaired) electrons. The summed E-state index contributed by atoms with van der Waals surface area (Å²) in [5.74, 6) is -0.914. The molecular formula is C20H21I2NO3. The Morgan fingerprint density at radius 3 is 1.73 bits per heavy atom. The number of benzene rings is 2. The molecule has 4 nitrogen and oxygen atoms in total. The first-order chi connectivity index (χ1) is 12.1. The van der Waals surface area contributed by atoms with Gasteiger partial charge in [-0.1, -0.05) is 12.1 Å². The number of rotatable bonds is 5. The average molecular weight is 577 g/mol. The van der Waals surface area contributed by atoms with Gasteiger partial charge in [0.05, 0.1) is 5.56 Å². The number of amides is 1. The van der Waals surface area contributed by atoms with Crippen molar-refractivity contribution in [2.24, 2.45) is 0 Å². The zero-order valence-electron chi connectivity index (χ0n) is 15.1. The minimum Gasteiger partial charge on any atom is -0.478 e. The lowest BCUT2D eigenvalue weighted by Crippen LogP contribution is -2.42. The Morgan fingerprint density at radius 2 is 1.35 bits per heavy atom. The second kappa shape index (κ2) is 8.69. The number of carbonyl (C=O) groups is 2. The van der Waals surface area contributed by atoms with Crippen molar-refractivity contribution in [1.29, 1.82) is 0 Å². The van der Waals surface area contributed by atoms with Crippen LogP contribution in [-0.2, 0) is 0 Å². The maximum absolute atomic E-state index is 13.0. The van der Waals surface area contributed by atoms with Crippen LogP contribution in [0.4, 0.5) is 0 Å². The second-order valence-electron chi connectivity index (χ2n) is 6.60. The SMILES string of the molecule is CC(C)N(C(=O)c1cc(I)c(-c2ccc(C(=O)O)cc2)c(I)c1)C(C)C. The zero-order chi connectivity index (χ0) is 19.6. The Balaban J connectivity index is 2.45. The van der Waals surface area contributed by atoms with Gasteiger partial charge in [-0.2, -0.15) is 0 Å². The number of hydrogen-bond acceptors (Lipinski definition) is 2. The van der Waals surface area contributed by atoms with Crippen LogP contribution in [0.2, 0.25) is 0 Å². The van der Waals surface area contributed by atoms with E-state index in [1.54, 1.807) is 24.3 Å². The van der Waals surface area contributed by atoms with E-state index in [1.807, 2.05) is 44.7 Å². The van der Waals surface area contributed by atoms with E-state index in [1.165, 1.54) is 0 Å². The largest absolute Gasteiger partial charge is 0.478 e. The Morgan fingerprint density at radius 1 is 0.885 bits per heavy atom. The van der Waals surface area contributed by atoms with E-state index in [2.05, 4.69) is 45.2 Å². The third kappa shape index (κ3) is 4.57.